The van der Waals surface area contributed by atoms with Crippen molar-refractivity contribution in [1.29, 1.82) is 0 Å². The summed E-state index contributed by atoms with van der Waals surface area (Å²) in [5.74, 6) is -1.21. The van der Waals surface area contributed by atoms with E-state index >= 15 is 0 Å². The van der Waals surface area contributed by atoms with Gasteiger partial charge in [0.2, 0.25) is 0 Å². The summed E-state index contributed by atoms with van der Waals surface area (Å²) in [6, 6.07) is 10.3. The molecule has 1 heterocycles. The van der Waals surface area contributed by atoms with Crippen LogP contribution in [0.5, 0.6) is 0 Å². The lowest BCUT2D eigenvalue weighted by Gasteiger charge is -2.15. The van der Waals surface area contributed by atoms with Crippen molar-refractivity contribution in [3.05, 3.63) is 58.0 Å². The normalized spacial score (nSPS) is 10.3. The third-order valence-corrected chi connectivity index (χ3v) is 3.13. The molecule has 0 aliphatic carbocycles. The van der Waals surface area contributed by atoms with Crippen LogP contribution in [-0.2, 0) is 0 Å². The molecule has 1 aromatic heterocycles. The molecule has 0 aliphatic rings. The molecule has 0 spiro atoms. The van der Waals surface area contributed by atoms with Gasteiger partial charge in [-0.3, -0.25) is 9.36 Å². The summed E-state index contributed by atoms with van der Waals surface area (Å²) in [7, 11) is 3.86. The van der Waals surface area contributed by atoms with E-state index in [1.165, 1.54) is 10.6 Å². The van der Waals surface area contributed by atoms with Crippen molar-refractivity contribution >= 4 is 11.7 Å². The molecule has 0 unspecified atom stereocenters. The molecule has 2 aromatic rings. The van der Waals surface area contributed by atoms with Crippen molar-refractivity contribution in [3.8, 4) is 5.69 Å². The van der Waals surface area contributed by atoms with E-state index in [1.54, 1.807) is 25.1 Å². The smallest absolute Gasteiger partial charge is 0.341 e. The molecule has 0 atom stereocenters. The Hall–Kier alpha value is -2.56. The molecule has 0 saturated carbocycles. The first kappa shape index (κ1) is 13.9. The summed E-state index contributed by atoms with van der Waals surface area (Å²) < 4.78 is 1.41. The Morgan fingerprint density at radius 1 is 1.10 bits per heavy atom. The summed E-state index contributed by atoms with van der Waals surface area (Å²) in [6.07, 6.45) is 0. The van der Waals surface area contributed by atoms with Crippen molar-refractivity contribution in [1.82, 2.24) is 4.57 Å². The fourth-order valence-corrected chi connectivity index (χ4v) is 2.01. The Morgan fingerprint density at radius 3 is 2.20 bits per heavy atom. The number of benzene rings is 1. The van der Waals surface area contributed by atoms with E-state index in [2.05, 4.69) is 0 Å². The number of aryl methyl sites for hydroxylation is 1. The number of carbonyl (C=O) groups is 1. The van der Waals surface area contributed by atoms with Gasteiger partial charge in [0.1, 0.15) is 5.56 Å². The van der Waals surface area contributed by atoms with Crippen molar-refractivity contribution in [2.24, 2.45) is 0 Å². The Morgan fingerprint density at radius 2 is 1.70 bits per heavy atom. The quantitative estimate of drug-likeness (QED) is 0.927. The van der Waals surface area contributed by atoms with Gasteiger partial charge in [0.25, 0.3) is 5.56 Å². The van der Waals surface area contributed by atoms with Gasteiger partial charge in [-0.1, -0.05) is 0 Å². The molecule has 5 heteroatoms. The lowest BCUT2D eigenvalue weighted by atomic mass is 10.2. The highest BCUT2D eigenvalue weighted by molar-refractivity contribution is 5.87. The first-order chi connectivity index (χ1) is 9.41. The molecule has 2 rings (SSSR count). The number of pyridine rings is 1. The van der Waals surface area contributed by atoms with E-state index in [9.17, 15) is 9.59 Å². The van der Waals surface area contributed by atoms with Crippen LogP contribution in [0.3, 0.4) is 0 Å². The Bertz CT molecular complexity index is 700. The standard InChI is InChI=1S/C15H16N2O3/c1-10-4-9-13(15(19)20)14(18)17(10)12-7-5-11(6-8-12)16(2)3/h4-9H,1-3H3,(H,19,20). The molecule has 0 aliphatic heterocycles. The second-order valence-corrected chi connectivity index (χ2v) is 4.74. The van der Waals surface area contributed by atoms with Crippen LogP contribution in [0.25, 0.3) is 5.69 Å². The Kier molecular flexibility index (Phi) is 3.61. The highest BCUT2D eigenvalue weighted by Crippen LogP contribution is 2.15. The largest absolute Gasteiger partial charge is 0.477 e. The molecule has 0 amide bonds. The molecule has 5 nitrogen and oxygen atoms in total. The molecule has 0 saturated heterocycles. The second kappa shape index (κ2) is 5.21. The zero-order valence-electron chi connectivity index (χ0n) is 11.6. The van der Waals surface area contributed by atoms with Crippen molar-refractivity contribution in [2.45, 2.75) is 6.92 Å². The molecular weight excluding hydrogens is 256 g/mol. The summed E-state index contributed by atoms with van der Waals surface area (Å²) in [5.41, 5.74) is 1.61. The van der Waals surface area contributed by atoms with Gasteiger partial charge in [-0.05, 0) is 43.3 Å². The van der Waals surface area contributed by atoms with Gasteiger partial charge >= 0.3 is 5.97 Å². The molecule has 20 heavy (non-hydrogen) atoms. The molecule has 0 fully saturated rings. The summed E-state index contributed by atoms with van der Waals surface area (Å²) in [4.78, 5) is 25.2. The minimum Gasteiger partial charge on any atom is -0.477 e. The van der Waals surface area contributed by atoms with Crippen LogP contribution >= 0.6 is 0 Å². The first-order valence-electron chi connectivity index (χ1n) is 6.15. The van der Waals surface area contributed by atoms with Crippen LogP contribution in [0, 0.1) is 6.92 Å². The third kappa shape index (κ3) is 2.42. The van der Waals surface area contributed by atoms with Crippen molar-refractivity contribution in [2.75, 3.05) is 19.0 Å². The number of anilines is 1. The Balaban J connectivity index is 2.60. The maximum atomic E-state index is 12.2. The number of carboxylic acids is 1. The molecule has 0 radical (unpaired) electrons. The molecular formula is C15H16N2O3. The minimum absolute atomic E-state index is 0.229. The van der Waals surface area contributed by atoms with Crippen LogP contribution in [0.4, 0.5) is 5.69 Å². The van der Waals surface area contributed by atoms with Gasteiger partial charge in [0.05, 0.1) is 0 Å². The second-order valence-electron chi connectivity index (χ2n) is 4.74. The third-order valence-electron chi connectivity index (χ3n) is 3.13. The fourth-order valence-electron chi connectivity index (χ4n) is 2.01. The SMILES string of the molecule is Cc1ccc(C(=O)O)c(=O)n1-c1ccc(N(C)C)cc1. The van der Waals surface area contributed by atoms with Crippen molar-refractivity contribution in [3.63, 3.8) is 0 Å². The summed E-state index contributed by atoms with van der Waals surface area (Å²) in [5, 5.41) is 9.02. The predicted molar refractivity (Wildman–Crippen MR) is 78.1 cm³/mol. The average Bonchev–Trinajstić information content (AvgIpc) is 2.38. The summed E-state index contributed by atoms with van der Waals surface area (Å²) in [6.45, 7) is 1.77. The highest BCUT2D eigenvalue weighted by Gasteiger charge is 2.13. The van der Waals surface area contributed by atoms with Gasteiger partial charge in [0, 0.05) is 31.2 Å². The van der Waals surface area contributed by atoms with E-state index in [-0.39, 0.29) is 5.56 Å². The van der Waals surface area contributed by atoms with E-state index in [1.807, 2.05) is 31.1 Å². The monoisotopic (exact) mass is 272 g/mol. The van der Waals surface area contributed by atoms with Crippen molar-refractivity contribution < 1.29 is 9.90 Å². The van der Waals surface area contributed by atoms with Crippen LogP contribution in [-0.4, -0.2) is 29.7 Å². The minimum atomic E-state index is -1.21. The maximum absolute atomic E-state index is 12.2. The van der Waals surface area contributed by atoms with E-state index < -0.39 is 11.5 Å². The molecule has 1 aromatic carbocycles. The van der Waals surface area contributed by atoms with Crippen LogP contribution < -0.4 is 10.5 Å². The van der Waals surface area contributed by atoms with Crippen LogP contribution in [0.2, 0.25) is 0 Å². The molecule has 0 bridgehead atoms. The zero-order chi connectivity index (χ0) is 14.9. The number of hydrogen-bond donors (Lipinski definition) is 1. The maximum Gasteiger partial charge on any atom is 0.341 e. The van der Waals surface area contributed by atoms with Gasteiger partial charge in [-0.15, -0.1) is 0 Å². The van der Waals surface area contributed by atoms with E-state index in [0.717, 1.165) is 5.69 Å². The lowest BCUT2D eigenvalue weighted by molar-refractivity contribution is 0.0694. The van der Waals surface area contributed by atoms with E-state index in [0.29, 0.717) is 11.4 Å². The van der Waals surface area contributed by atoms with Gasteiger partial charge in [-0.2, -0.15) is 0 Å². The molecule has 1 N–H and O–H groups in total. The number of aromatic nitrogens is 1. The number of carboxylic acid groups (broad SMARTS) is 1. The Labute approximate surface area is 116 Å². The van der Waals surface area contributed by atoms with E-state index in [4.69, 9.17) is 5.11 Å². The lowest BCUT2D eigenvalue weighted by Crippen LogP contribution is -2.26. The zero-order valence-corrected chi connectivity index (χ0v) is 11.6. The first-order valence-corrected chi connectivity index (χ1v) is 6.15. The van der Waals surface area contributed by atoms with Gasteiger partial charge in [0.15, 0.2) is 0 Å². The number of nitrogens with zero attached hydrogens (tertiary/aromatic N) is 2. The number of aromatic carboxylic acids is 1. The van der Waals surface area contributed by atoms with Crippen LogP contribution in [0.15, 0.2) is 41.2 Å². The number of hydrogen-bond acceptors (Lipinski definition) is 3. The fraction of sp³-hybridized carbons (Fsp3) is 0.200. The highest BCUT2D eigenvalue weighted by atomic mass is 16.4. The summed E-state index contributed by atoms with van der Waals surface area (Å²) >= 11 is 0. The van der Waals surface area contributed by atoms with Gasteiger partial charge < -0.3 is 10.0 Å². The number of rotatable bonds is 3. The molecule has 104 valence electrons. The van der Waals surface area contributed by atoms with Gasteiger partial charge in [-0.25, -0.2) is 4.79 Å². The predicted octanol–water partition coefficient (Wildman–Crippen LogP) is 1.91. The van der Waals surface area contributed by atoms with Crippen LogP contribution in [0.1, 0.15) is 16.1 Å². The topological polar surface area (TPSA) is 62.5 Å². The average molecular weight is 272 g/mol.